The van der Waals surface area contributed by atoms with Gasteiger partial charge in [0.05, 0.1) is 6.26 Å². The Balaban J connectivity index is 1.87. The van der Waals surface area contributed by atoms with Crippen LogP contribution in [0.1, 0.15) is 10.6 Å². The Kier molecular flexibility index (Phi) is 2.42. The molecule has 0 aliphatic carbocycles. The Morgan fingerprint density at radius 1 is 1.24 bits per heavy atom. The third kappa shape index (κ3) is 1.94. The van der Waals surface area contributed by atoms with E-state index in [9.17, 15) is 4.79 Å². The minimum absolute atomic E-state index is 0.232. The summed E-state index contributed by atoms with van der Waals surface area (Å²) in [4.78, 5) is 11.7. The summed E-state index contributed by atoms with van der Waals surface area (Å²) in [5, 5.41) is 5.96. The zero-order valence-electron chi connectivity index (χ0n) is 8.84. The van der Waals surface area contributed by atoms with Gasteiger partial charge in [0.15, 0.2) is 5.76 Å². The summed E-state index contributed by atoms with van der Waals surface area (Å²) in [6, 6.07) is 11.2. The van der Waals surface area contributed by atoms with E-state index in [1.54, 1.807) is 23.5 Å². The van der Waals surface area contributed by atoms with Gasteiger partial charge in [-0.05, 0) is 47.2 Å². The molecule has 17 heavy (non-hydrogen) atoms. The number of thiophene rings is 1. The summed E-state index contributed by atoms with van der Waals surface area (Å²) in [5.74, 6) is 0.0833. The Bertz CT molecular complexity index is 655. The van der Waals surface area contributed by atoms with E-state index in [1.807, 2.05) is 29.6 Å². The molecule has 0 saturated heterocycles. The van der Waals surface area contributed by atoms with E-state index in [4.69, 9.17) is 4.42 Å². The molecule has 84 valence electrons. The van der Waals surface area contributed by atoms with Crippen LogP contribution in [0.15, 0.2) is 52.5 Å². The number of nitrogens with one attached hydrogen (secondary N) is 1. The number of benzene rings is 1. The second-order valence-electron chi connectivity index (χ2n) is 3.60. The van der Waals surface area contributed by atoms with Crippen LogP contribution >= 0.6 is 11.3 Å². The first-order valence-electron chi connectivity index (χ1n) is 5.15. The van der Waals surface area contributed by atoms with Crippen LogP contribution in [0.3, 0.4) is 0 Å². The molecule has 1 aromatic carbocycles. The summed E-state index contributed by atoms with van der Waals surface area (Å²) < 4.78 is 6.24. The van der Waals surface area contributed by atoms with Gasteiger partial charge >= 0.3 is 0 Å². The fourth-order valence-corrected chi connectivity index (χ4v) is 2.42. The Hall–Kier alpha value is -2.07. The van der Waals surface area contributed by atoms with Gasteiger partial charge in [-0.1, -0.05) is 0 Å². The number of amides is 1. The lowest BCUT2D eigenvalue weighted by molar-refractivity contribution is 0.0996. The van der Waals surface area contributed by atoms with Gasteiger partial charge in [-0.15, -0.1) is 11.3 Å². The van der Waals surface area contributed by atoms with Crippen molar-refractivity contribution >= 4 is 33.0 Å². The van der Waals surface area contributed by atoms with Gasteiger partial charge in [0.2, 0.25) is 0 Å². The number of rotatable bonds is 2. The first-order chi connectivity index (χ1) is 8.33. The first-order valence-corrected chi connectivity index (χ1v) is 6.03. The fourth-order valence-electron chi connectivity index (χ4n) is 1.64. The summed E-state index contributed by atoms with van der Waals surface area (Å²) in [6.45, 7) is 0. The van der Waals surface area contributed by atoms with E-state index in [0.29, 0.717) is 5.76 Å². The highest BCUT2D eigenvalue weighted by atomic mass is 32.1. The lowest BCUT2D eigenvalue weighted by Crippen LogP contribution is -2.10. The first kappa shape index (κ1) is 10.1. The minimum atomic E-state index is -0.232. The average molecular weight is 243 g/mol. The average Bonchev–Trinajstić information content (AvgIpc) is 2.99. The van der Waals surface area contributed by atoms with E-state index in [0.717, 1.165) is 11.1 Å². The van der Waals surface area contributed by atoms with E-state index in [2.05, 4.69) is 5.32 Å². The SMILES string of the molecule is O=C(Nc1ccc2sccc2c1)c1ccco1. The molecule has 1 N–H and O–H groups in total. The predicted molar refractivity (Wildman–Crippen MR) is 68.5 cm³/mol. The number of anilines is 1. The van der Waals surface area contributed by atoms with Crippen LogP contribution in [0.25, 0.3) is 10.1 Å². The highest BCUT2D eigenvalue weighted by molar-refractivity contribution is 7.17. The van der Waals surface area contributed by atoms with Crippen LogP contribution in [0.4, 0.5) is 5.69 Å². The van der Waals surface area contributed by atoms with Gasteiger partial charge in [-0.25, -0.2) is 0 Å². The summed E-state index contributed by atoms with van der Waals surface area (Å²) >= 11 is 1.68. The molecule has 4 heteroatoms. The molecule has 0 spiro atoms. The summed E-state index contributed by atoms with van der Waals surface area (Å²) in [5.41, 5.74) is 0.775. The minimum Gasteiger partial charge on any atom is -0.459 e. The molecule has 0 radical (unpaired) electrons. The molecule has 1 amide bonds. The van der Waals surface area contributed by atoms with E-state index < -0.39 is 0 Å². The highest BCUT2D eigenvalue weighted by Gasteiger charge is 2.08. The van der Waals surface area contributed by atoms with Gasteiger partial charge in [-0.2, -0.15) is 0 Å². The molecule has 2 aromatic heterocycles. The molecular weight excluding hydrogens is 234 g/mol. The third-order valence-corrected chi connectivity index (χ3v) is 3.35. The molecule has 0 aliphatic heterocycles. The van der Waals surface area contributed by atoms with Gasteiger partial charge in [0.25, 0.3) is 5.91 Å². The van der Waals surface area contributed by atoms with Gasteiger partial charge in [0, 0.05) is 10.4 Å². The number of hydrogen-bond acceptors (Lipinski definition) is 3. The number of furan rings is 1. The topological polar surface area (TPSA) is 42.2 Å². The van der Waals surface area contributed by atoms with Crippen molar-refractivity contribution in [3.8, 4) is 0 Å². The molecule has 2 heterocycles. The molecule has 3 rings (SSSR count). The lowest BCUT2D eigenvalue weighted by Gasteiger charge is -2.02. The molecule has 3 nitrogen and oxygen atoms in total. The van der Waals surface area contributed by atoms with Crippen molar-refractivity contribution in [2.24, 2.45) is 0 Å². The Morgan fingerprint density at radius 2 is 2.18 bits per heavy atom. The monoisotopic (exact) mass is 243 g/mol. The van der Waals surface area contributed by atoms with Crippen molar-refractivity contribution in [1.82, 2.24) is 0 Å². The molecule has 0 saturated carbocycles. The third-order valence-electron chi connectivity index (χ3n) is 2.46. The van der Waals surface area contributed by atoms with E-state index >= 15 is 0 Å². The van der Waals surface area contributed by atoms with Crippen molar-refractivity contribution in [2.75, 3.05) is 5.32 Å². The van der Waals surface area contributed by atoms with Crippen LogP contribution in [-0.4, -0.2) is 5.91 Å². The maximum absolute atomic E-state index is 11.7. The smallest absolute Gasteiger partial charge is 0.291 e. The predicted octanol–water partition coefficient (Wildman–Crippen LogP) is 3.75. The van der Waals surface area contributed by atoms with Crippen molar-refractivity contribution in [3.63, 3.8) is 0 Å². The molecule has 0 fully saturated rings. The summed E-state index contributed by atoms with van der Waals surface area (Å²) in [7, 11) is 0. The quantitative estimate of drug-likeness (QED) is 0.744. The van der Waals surface area contributed by atoms with Crippen molar-refractivity contribution in [2.45, 2.75) is 0 Å². The standard InChI is InChI=1S/C13H9NO2S/c15-13(11-2-1-6-16-11)14-10-3-4-12-9(8-10)5-7-17-12/h1-8H,(H,14,15). The lowest BCUT2D eigenvalue weighted by atomic mass is 10.2. The number of hydrogen-bond donors (Lipinski definition) is 1. The maximum Gasteiger partial charge on any atom is 0.291 e. The normalized spacial score (nSPS) is 10.6. The van der Waals surface area contributed by atoms with Gasteiger partial charge in [0.1, 0.15) is 0 Å². The summed E-state index contributed by atoms with van der Waals surface area (Å²) in [6.07, 6.45) is 1.48. The van der Waals surface area contributed by atoms with Crippen LogP contribution in [-0.2, 0) is 0 Å². The Morgan fingerprint density at radius 3 is 3.00 bits per heavy atom. The number of carbonyl (C=O) groups excluding carboxylic acids is 1. The van der Waals surface area contributed by atoms with Crippen molar-refractivity contribution in [1.29, 1.82) is 0 Å². The van der Waals surface area contributed by atoms with Gasteiger partial charge < -0.3 is 9.73 Å². The second kappa shape index (κ2) is 4.07. The number of carbonyl (C=O) groups is 1. The molecular formula is C13H9NO2S. The fraction of sp³-hybridized carbons (Fsp3) is 0. The van der Waals surface area contributed by atoms with Crippen LogP contribution in [0.5, 0.6) is 0 Å². The second-order valence-corrected chi connectivity index (χ2v) is 4.55. The Labute approximate surface area is 102 Å². The maximum atomic E-state index is 11.7. The van der Waals surface area contributed by atoms with Crippen LogP contribution < -0.4 is 5.32 Å². The molecule has 0 atom stereocenters. The molecule has 0 unspecified atom stereocenters. The highest BCUT2D eigenvalue weighted by Crippen LogP contribution is 2.24. The van der Waals surface area contributed by atoms with Crippen LogP contribution in [0, 0.1) is 0 Å². The number of fused-ring (bicyclic) bond motifs is 1. The van der Waals surface area contributed by atoms with Crippen molar-refractivity contribution in [3.05, 3.63) is 53.8 Å². The van der Waals surface area contributed by atoms with Gasteiger partial charge in [-0.3, -0.25) is 4.79 Å². The largest absolute Gasteiger partial charge is 0.459 e. The van der Waals surface area contributed by atoms with E-state index in [1.165, 1.54) is 11.0 Å². The zero-order valence-corrected chi connectivity index (χ0v) is 9.66. The zero-order chi connectivity index (χ0) is 11.7. The molecule has 0 bridgehead atoms. The van der Waals surface area contributed by atoms with E-state index in [-0.39, 0.29) is 5.91 Å². The molecule has 0 aliphatic rings. The van der Waals surface area contributed by atoms with Crippen molar-refractivity contribution < 1.29 is 9.21 Å². The van der Waals surface area contributed by atoms with Crippen LogP contribution in [0.2, 0.25) is 0 Å². The molecule has 3 aromatic rings.